The van der Waals surface area contributed by atoms with Crippen molar-refractivity contribution >= 4 is 11.6 Å². The average molecular weight is 333 g/mol. The lowest BCUT2D eigenvalue weighted by molar-refractivity contribution is -0.137. The SMILES string of the molecule is Cc1ccn2cc(CNC(=O)c3ccc(C(F)(F)F)cc3)nc2c1. The van der Waals surface area contributed by atoms with Crippen LogP contribution in [0.15, 0.2) is 48.8 Å². The van der Waals surface area contributed by atoms with Crippen LogP contribution in [0.5, 0.6) is 0 Å². The fraction of sp³-hybridized carbons (Fsp3) is 0.176. The standard InChI is InChI=1S/C17H14F3N3O/c1-11-6-7-23-10-14(22-15(23)8-11)9-21-16(24)12-2-4-13(5-3-12)17(18,19)20/h2-8,10H,9H2,1H3,(H,21,24). The molecule has 0 aliphatic heterocycles. The lowest BCUT2D eigenvalue weighted by Crippen LogP contribution is -2.23. The number of nitrogens with one attached hydrogen (secondary N) is 1. The van der Waals surface area contributed by atoms with Crippen LogP contribution in [0.2, 0.25) is 0 Å². The number of hydrogen-bond acceptors (Lipinski definition) is 2. The van der Waals surface area contributed by atoms with Gasteiger partial charge in [-0.3, -0.25) is 4.79 Å². The van der Waals surface area contributed by atoms with E-state index in [-0.39, 0.29) is 12.1 Å². The van der Waals surface area contributed by atoms with Crippen molar-refractivity contribution in [3.8, 4) is 0 Å². The number of hydrogen-bond donors (Lipinski definition) is 1. The van der Waals surface area contributed by atoms with Gasteiger partial charge in [-0.15, -0.1) is 0 Å². The van der Waals surface area contributed by atoms with Crippen LogP contribution in [-0.4, -0.2) is 15.3 Å². The summed E-state index contributed by atoms with van der Waals surface area (Å²) in [7, 11) is 0. The van der Waals surface area contributed by atoms with Crippen molar-refractivity contribution in [2.75, 3.05) is 0 Å². The molecule has 0 atom stereocenters. The van der Waals surface area contributed by atoms with Crippen molar-refractivity contribution < 1.29 is 18.0 Å². The van der Waals surface area contributed by atoms with Crippen molar-refractivity contribution in [1.29, 1.82) is 0 Å². The van der Waals surface area contributed by atoms with Gasteiger partial charge in [-0.05, 0) is 48.9 Å². The molecule has 0 saturated heterocycles. The number of nitrogens with zero attached hydrogens (tertiary/aromatic N) is 2. The number of pyridine rings is 1. The number of aromatic nitrogens is 2. The second-order valence-electron chi connectivity index (χ2n) is 5.46. The molecular formula is C17H14F3N3O. The quantitative estimate of drug-likeness (QED) is 0.796. The molecule has 0 saturated carbocycles. The highest BCUT2D eigenvalue weighted by Crippen LogP contribution is 2.29. The number of amides is 1. The normalized spacial score (nSPS) is 11.7. The highest BCUT2D eigenvalue weighted by molar-refractivity contribution is 5.94. The van der Waals surface area contributed by atoms with E-state index in [0.717, 1.165) is 35.5 Å². The van der Waals surface area contributed by atoms with Crippen molar-refractivity contribution in [2.45, 2.75) is 19.6 Å². The third-order valence-electron chi connectivity index (χ3n) is 3.57. The fourth-order valence-electron chi connectivity index (χ4n) is 2.30. The highest BCUT2D eigenvalue weighted by atomic mass is 19.4. The summed E-state index contributed by atoms with van der Waals surface area (Å²) < 4.78 is 39.4. The molecular weight excluding hydrogens is 319 g/mol. The van der Waals surface area contributed by atoms with Gasteiger partial charge in [-0.1, -0.05) is 0 Å². The zero-order valence-corrected chi connectivity index (χ0v) is 12.8. The van der Waals surface area contributed by atoms with Crippen molar-refractivity contribution in [3.63, 3.8) is 0 Å². The third kappa shape index (κ3) is 3.40. The molecule has 0 unspecified atom stereocenters. The predicted octanol–water partition coefficient (Wildman–Crippen LogP) is 3.59. The summed E-state index contributed by atoms with van der Waals surface area (Å²) in [4.78, 5) is 16.4. The number of imidazole rings is 1. The molecule has 1 aromatic carbocycles. The van der Waals surface area contributed by atoms with Crippen LogP contribution in [0.25, 0.3) is 5.65 Å². The molecule has 1 amide bonds. The molecule has 7 heteroatoms. The number of benzene rings is 1. The van der Waals surface area contributed by atoms with E-state index in [2.05, 4.69) is 10.3 Å². The van der Waals surface area contributed by atoms with Crippen LogP contribution in [0.4, 0.5) is 13.2 Å². The molecule has 3 aromatic rings. The van der Waals surface area contributed by atoms with E-state index in [0.29, 0.717) is 5.69 Å². The molecule has 0 aliphatic carbocycles. The van der Waals surface area contributed by atoms with Gasteiger partial charge in [0.2, 0.25) is 0 Å². The molecule has 2 heterocycles. The fourth-order valence-corrected chi connectivity index (χ4v) is 2.30. The van der Waals surface area contributed by atoms with Crippen molar-refractivity contribution in [1.82, 2.24) is 14.7 Å². The van der Waals surface area contributed by atoms with Gasteiger partial charge < -0.3 is 9.72 Å². The Balaban J connectivity index is 1.68. The molecule has 24 heavy (non-hydrogen) atoms. The molecule has 0 aliphatic rings. The first-order valence-corrected chi connectivity index (χ1v) is 7.22. The molecule has 0 spiro atoms. The van der Waals surface area contributed by atoms with E-state index in [4.69, 9.17) is 0 Å². The zero-order chi connectivity index (χ0) is 17.3. The third-order valence-corrected chi connectivity index (χ3v) is 3.57. The highest BCUT2D eigenvalue weighted by Gasteiger charge is 2.30. The van der Waals surface area contributed by atoms with Crippen LogP contribution in [0.1, 0.15) is 27.2 Å². The van der Waals surface area contributed by atoms with Gasteiger partial charge in [0.15, 0.2) is 0 Å². The number of alkyl halides is 3. The monoisotopic (exact) mass is 333 g/mol. The molecule has 4 nitrogen and oxygen atoms in total. The molecule has 0 fully saturated rings. The Kier molecular flexibility index (Phi) is 4.01. The minimum Gasteiger partial charge on any atom is -0.346 e. The summed E-state index contributed by atoms with van der Waals surface area (Å²) in [6.45, 7) is 2.15. The van der Waals surface area contributed by atoms with Gasteiger partial charge in [0, 0.05) is 18.0 Å². The van der Waals surface area contributed by atoms with Gasteiger partial charge in [-0.25, -0.2) is 4.98 Å². The first-order valence-electron chi connectivity index (χ1n) is 7.22. The first-order chi connectivity index (χ1) is 11.3. The zero-order valence-electron chi connectivity index (χ0n) is 12.8. The maximum atomic E-state index is 12.5. The van der Waals surface area contributed by atoms with Crippen molar-refractivity contribution in [3.05, 3.63) is 71.2 Å². The Labute approximate surface area is 135 Å². The van der Waals surface area contributed by atoms with Crippen LogP contribution in [0, 0.1) is 6.92 Å². The summed E-state index contributed by atoms with van der Waals surface area (Å²) in [5.74, 6) is -0.447. The molecule has 2 aromatic heterocycles. The Morgan fingerprint density at radius 2 is 1.92 bits per heavy atom. The molecule has 1 N–H and O–H groups in total. The lowest BCUT2D eigenvalue weighted by atomic mass is 10.1. The number of aryl methyl sites for hydroxylation is 1. The molecule has 0 radical (unpaired) electrons. The Morgan fingerprint density at radius 1 is 1.21 bits per heavy atom. The minimum atomic E-state index is -4.41. The number of fused-ring (bicyclic) bond motifs is 1. The van der Waals surface area contributed by atoms with E-state index in [1.165, 1.54) is 0 Å². The smallest absolute Gasteiger partial charge is 0.346 e. The predicted molar refractivity (Wildman–Crippen MR) is 82.5 cm³/mol. The van der Waals surface area contributed by atoms with E-state index < -0.39 is 17.6 Å². The Hall–Kier alpha value is -2.83. The molecule has 124 valence electrons. The average Bonchev–Trinajstić information content (AvgIpc) is 2.94. The maximum absolute atomic E-state index is 12.5. The van der Waals surface area contributed by atoms with Gasteiger partial charge in [0.1, 0.15) is 5.65 Å². The summed E-state index contributed by atoms with van der Waals surface area (Å²) in [6.07, 6.45) is -0.746. The van der Waals surface area contributed by atoms with Gasteiger partial charge in [0.05, 0.1) is 17.8 Å². The van der Waals surface area contributed by atoms with Gasteiger partial charge in [0.25, 0.3) is 5.91 Å². The number of halogens is 3. The summed E-state index contributed by atoms with van der Waals surface area (Å²) in [5, 5.41) is 2.65. The Bertz CT molecular complexity index is 882. The second kappa shape index (κ2) is 5.99. The topological polar surface area (TPSA) is 46.4 Å². The summed E-state index contributed by atoms with van der Waals surface area (Å²) in [6, 6.07) is 7.96. The first kappa shape index (κ1) is 16.0. The largest absolute Gasteiger partial charge is 0.416 e. The summed E-state index contributed by atoms with van der Waals surface area (Å²) >= 11 is 0. The van der Waals surface area contributed by atoms with Crippen molar-refractivity contribution in [2.24, 2.45) is 0 Å². The Morgan fingerprint density at radius 3 is 2.58 bits per heavy atom. The second-order valence-corrected chi connectivity index (χ2v) is 5.46. The van der Waals surface area contributed by atoms with Gasteiger partial charge in [-0.2, -0.15) is 13.2 Å². The lowest BCUT2D eigenvalue weighted by Gasteiger charge is -2.07. The van der Waals surface area contributed by atoms with Crippen LogP contribution in [-0.2, 0) is 12.7 Å². The number of carbonyl (C=O) groups excluding carboxylic acids is 1. The number of carbonyl (C=O) groups is 1. The van der Waals surface area contributed by atoms with E-state index in [1.54, 1.807) is 6.20 Å². The van der Waals surface area contributed by atoms with Gasteiger partial charge >= 0.3 is 6.18 Å². The van der Waals surface area contributed by atoms with Crippen LogP contribution < -0.4 is 5.32 Å². The van der Waals surface area contributed by atoms with E-state index in [9.17, 15) is 18.0 Å². The molecule has 3 rings (SSSR count). The van der Waals surface area contributed by atoms with Crippen LogP contribution >= 0.6 is 0 Å². The van der Waals surface area contributed by atoms with E-state index >= 15 is 0 Å². The van der Waals surface area contributed by atoms with E-state index in [1.807, 2.05) is 29.7 Å². The van der Waals surface area contributed by atoms with Crippen LogP contribution in [0.3, 0.4) is 0 Å². The summed E-state index contributed by atoms with van der Waals surface area (Å²) in [5.41, 5.74) is 1.90. The molecule has 0 bridgehead atoms. The maximum Gasteiger partial charge on any atom is 0.416 e. The number of rotatable bonds is 3. The minimum absolute atomic E-state index is 0.169.